The molecule has 0 spiro atoms. The van der Waals surface area contributed by atoms with Crippen LogP contribution in [0.5, 0.6) is 0 Å². The van der Waals surface area contributed by atoms with E-state index in [-0.39, 0.29) is 6.04 Å². The predicted octanol–water partition coefficient (Wildman–Crippen LogP) is 4.64. The molecule has 0 radical (unpaired) electrons. The first-order valence-corrected chi connectivity index (χ1v) is 12.2. The van der Waals surface area contributed by atoms with Crippen molar-refractivity contribution in [3.05, 3.63) is 72.7 Å². The van der Waals surface area contributed by atoms with Crippen molar-refractivity contribution in [3.63, 3.8) is 0 Å². The Morgan fingerprint density at radius 2 is 1.79 bits per heavy atom. The van der Waals surface area contributed by atoms with Crippen LogP contribution >= 0.6 is 0 Å². The number of fused-ring (bicyclic) bond motifs is 3. The van der Waals surface area contributed by atoms with Gasteiger partial charge >= 0.3 is 0 Å². The third-order valence-electron chi connectivity index (χ3n) is 7.29. The fraction of sp³-hybridized carbons (Fsp3) is 0.370. The minimum atomic E-state index is 0.159. The Labute approximate surface area is 200 Å². The number of nitrogens with zero attached hydrogens (tertiary/aromatic N) is 6. The maximum atomic E-state index is 5.17. The van der Waals surface area contributed by atoms with Gasteiger partial charge in [0.2, 0.25) is 5.95 Å². The maximum absolute atomic E-state index is 5.17. The first-order valence-electron chi connectivity index (χ1n) is 12.2. The fourth-order valence-corrected chi connectivity index (χ4v) is 5.55. The molecule has 0 unspecified atom stereocenters. The first kappa shape index (κ1) is 21.1. The topological polar surface area (TPSA) is 61.6 Å². The van der Waals surface area contributed by atoms with Crippen LogP contribution in [0.3, 0.4) is 0 Å². The summed E-state index contributed by atoms with van der Waals surface area (Å²) >= 11 is 0. The van der Waals surface area contributed by atoms with Crippen LogP contribution in [0.2, 0.25) is 0 Å². The number of anilines is 2. The number of piperazine rings is 1. The molecular formula is C27H31N7. The van der Waals surface area contributed by atoms with E-state index >= 15 is 0 Å². The molecule has 174 valence electrons. The van der Waals surface area contributed by atoms with Gasteiger partial charge in [0.1, 0.15) is 11.5 Å². The highest BCUT2D eigenvalue weighted by Crippen LogP contribution is 2.36. The third kappa shape index (κ3) is 3.70. The second-order valence-corrected chi connectivity index (χ2v) is 9.79. The van der Waals surface area contributed by atoms with Gasteiger partial charge in [-0.05, 0) is 44.9 Å². The molecule has 0 saturated carbocycles. The van der Waals surface area contributed by atoms with Crippen LogP contribution in [0.25, 0.3) is 16.9 Å². The lowest BCUT2D eigenvalue weighted by Crippen LogP contribution is -2.49. The van der Waals surface area contributed by atoms with Crippen molar-refractivity contribution in [2.75, 3.05) is 23.3 Å². The Balaban J connectivity index is 1.31. The van der Waals surface area contributed by atoms with Crippen molar-refractivity contribution in [2.45, 2.75) is 51.4 Å². The molecule has 7 heteroatoms. The summed E-state index contributed by atoms with van der Waals surface area (Å²) in [5, 5.41) is 3.53. The SMILES string of the molecule is CC(C)N1C[C@H]2C[C@@H]1CN2c1nc(-c2ccnc(N[C@@H](C)c3ccccc3)c2)cc2nccn12. The average Bonchev–Trinajstić information content (AvgIpc) is 3.60. The average molecular weight is 454 g/mol. The van der Waals surface area contributed by atoms with Crippen molar-refractivity contribution < 1.29 is 0 Å². The van der Waals surface area contributed by atoms with Crippen LogP contribution in [-0.2, 0) is 0 Å². The number of benzene rings is 1. The molecule has 5 heterocycles. The van der Waals surface area contributed by atoms with Gasteiger partial charge < -0.3 is 10.2 Å². The molecule has 34 heavy (non-hydrogen) atoms. The second kappa shape index (κ2) is 8.40. The van der Waals surface area contributed by atoms with E-state index in [1.165, 1.54) is 12.0 Å². The summed E-state index contributed by atoms with van der Waals surface area (Å²) in [4.78, 5) is 19.5. The summed E-state index contributed by atoms with van der Waals surface area (Å²) in [5.41, 5.74) is 4.12. The van der Waals surface area contributed by atoms with E-state index in [1.54, 1.807) is 0 Å². The van der Waals surface area contributed by atoms with E-state index < -0.39 is 0 Å². The molecule has 3 atom stereocenters. The van der Waals surface area contributed by atoms with E-state index in [9.17, 15) is 0 Å². The number of pyridine rings is 1. The molecule has 7 nitrogen and oxygen atoms in total. The lowest BCUT2D eigenvalue weighted by atomic mass is 10.1. The molecule has 4 aromatic rings. The van der Waals surface area contributed by atoms with Crippen molar-refractivity contribution in [3.8, 4) is 11.3 Å². The molecule has 2 fully saturated rings. The summed E-state index contributed by atoms with van der Waals surface area (Å²) in [6.07, 6.45) is 6.95. The normalized spacial score (nSPS) is 21.0. The Bertz CT molecular complexity index is 1300. The molecule has 3 aromatic heterocycles. The van der Waals surface area contributed by atoms with Crippen molar-refractivity contribution >= 4 is 17.4 Å². The van der Waals surface area contributed by atoms with Crippen LogP contribution in [0, 0.1) is 0 Å². The molecule has 6 rings (SSSR count). The molecule has 2 aliphatic heterocycles. The lowest BCUT2D eigenvalue weighted by Gasteiger charge is -2.37. The zero-order valence-electron chi connectivity index (χ0n) is 20.0. The second-order valence-electron chi connectivity index (χ2n) is 9.79. The minimum absolute atomic E-state index is 0.159. The molecule has 2 aliphatic rings. The summed E-state index contributed by atoms with van der Waals surface area (Å²) in [5.74, 6) is 1.83. The molecule has 2 saturated heterocycles. The van der Waals surface area contributed by atoms with Gasteiger partial charge in [-0.25, -0.2) is 15.0 Å². The maximum Gasteiger partial charge on any atom is 0.212 e. The fourth-order valence-electron chi connectivity index (χ4n) is 5.55. The van der Waals surface area contributed by atoms with Crippen molar-refractivity contribution in [1.82, 2.24) is 24.3 Å². The smallest absolute Gasteiger partial charge is 0.212 e. The number of hydrogen-bond acceptors (Lipinski definition) is 6. The van der Waals surface area contributed by atoms with E-state index in [1.807, 2.05) is 30.7 Å². The standard InChI is InChI=1S/C27H31N7/c1-18(2)33-16-23-14-22(33)17-34(23)27-31-24(15-26-29-11-12-32(26)27)21-9-10-28-25(13-21)30-19(3)20-7-5-4-6-8-20/h4-13,15,18-19,22-23H,14,16-17H2,1-3H3,(H,28,30)/t19-,22+,23+/m0/s1. The Morgan fingerprint density at radius 1 is 0.941 bits per heavy atom. The molecule has 0 amide bonds. The highest BCUT2D eigenvalue weighted by molar-refractivity contribution is 5.68. The van der Waals surface area contributed by atoms with Crippen LogP contribution < -0.4 is 10.2 Å². The van der Waals surface area contributed by atoms with Gasteiger partial charge in [0.15, 0.2) is 0 Å². The van der Waals surface area contributed by atoms with Gasteiger partial charge in [0.05, 0.1) is 5.69 Å². The molecular weight excluding hydrogens is 422 g/mol. The highest BCUT2D eigenvalue weighted by Gasteiger charge is 2.45. The van der Waals surface area contributed by atoms with Crippen LogP contribution in [-0.4, -0.2) is 55.5 Å². The Kier molecular flexibility index (Phi) is 5.21. The molecule has 2 bridgehead atoms. The van der Waals surface area contributed by atoms with Crippen LogP contribution in [0.4, 0.5) is 11.8 Å². The number of nitrogens with one attached hydrogen (secondary N) is 1. The number of aromatic nitrogens is 4. The number of likely N-dealkylation sites (tertiary alicyclic amines) is 1. The highest BCUT2D eigenvalue weighted by atomic mass is 15.4. The molecule has 1 aromatic carbocycles. The largest absolute Gasteiger partial charge is 0.364 e. The summed E-state index contributed by atoms with van der Waals surface area (Å²) in [6, 6.07) is 18.5. The third-order valence-corrected chi connectivity index (χ3v) is 7.29. The Morgan fingerprint density at radius 3 is 2.56 bits per heavy atom. The van der Waals surface area contributed by atoms with E-state index in [4.69, 9.17) is 4.98 Å². The quantitative estimate of drug-likeness (QED) is 0.459. The zero-order chi connectivity index (χ0) is 23.2. The van der Waals surface area contributed by atoms with E-state index in [2.05, 4.69) is 86.7 Å². The summed E-state index contributed by atoms with van der Waals surface area (Å²) in [7, 11) is 0. The minimum Gasteiger partial charge on any atom is -0.364 e. The van der Waals surface area contributed by atoms with Gasteiger partial charge in [0.25, 0.3) is 0 Å². The number of rotatable bonds is 6. The van der Waals surface area contributed by atoms with Crippen molar-refractivity contribution in [1.29, 1.82) is 0 Å². The predicted molar refractivity (Wildman–Crippen MR) is 136 cm³/mol. The monoisotopic (exact) mass is 453 g/mol. The van der Waals surface area contributed by atoms with Gasteiger partial charge in [-0.3, -0.25) is 9.30 Å². The Hall–Kier alpha value is -3.45. The molecule has 0 aliphatic carbocycles. The molecule has 1 N–H and O–H groups in total. The number of hydrogen-bond donors (Lipinski definition) is 1. The first-order chi connectivity index (χ1) is 16.6. The van der Waals surface area contributed by atoms with Gasteiger partial charge in [-0.1, -0.05) is 30.3 Å². The van der Waals surface area contributed by atoms with Crippen LogP contribution in [0.15, 0.2) is 67.1 Å². The van der Waals surface area contributed by atoms with E-state index in [0.29, 0.717) is 18.1 Å². The summed E-state index contributed by atoms with van der Waals surface area (Å²) in [6.45, 7) is 8.87. The van der Waals surface area contributed by atoms with Gasteiger partial charge in [-0.2, -0.15) is 0 Å². The zero-order valence-corrected chi connectivity index (χ0v) is 20.0. The van der Waals surface area contributed by atoms with E-state index in [0.717, 1.165) is 41.8 Å². The lowest BCUT2D eigenvalue weighted by molar-refractivity contribution is 0.190. The van der Waals surface area contributed by atoms with Gasteiger partial charge in [-0.15, -0.1) is 0 Å². The van der Waals surface area contributed by atoms with Crippen molar-refractivity contribution in [2.24, 2.45) is 0 Å². The van der Waals surface area contributed by atoms with Gasteiger partial charge in [0, 0.05) is 67.5 Å². The van der Waals surface area contributed by atoms with Crippen LogP contribution in [0.1, 0.15) is 38.8 Å². The summed E-state index contributed by atoms with van der Waals surface area (Å²) < 4.78 is 2.13. The number of imidazole rings is 1.